The fraction of sp³-hybridized carbons (Fsp3) is 0.471. The minimum Gasteiger partial charge on any atom is -0.382 e. The third-order valence-corrected chi connectivity index (χ3v) is 3.75. The molecule has 0 aromatic heterocycles. The third kappa shape index (κ3) is 5.53. The predicted molar refractivity (Wildman–Crippen MR) is 91.6 cm³/mol. The lowest BCUT2D eigenvalue weighted by Gasteiger charge is -2.17. The van der Waals surface area contributed by atoms with Crippen LogP contribution in [-0.4, -0.2) is 61.8 Å². The predicted octanol–water partition coefficient (Wildman–Crippen LogP) is 0.501. The first kappa shape index (κ1) is 18.9. The van der Waals surface area contributed by atoms with E-state index in [1.54, 1.807) is 19.1 Å². The van der Waals surface area contributed by atoms with E-state index >= 15 is 0 Å². The fourth-order valence-corrected chi connectivity index (χ4v) is 2.26. The van der Waals surface area contributed by atoms with Gasteiger partial charge in [0.2, 0.25) is 12.0 Å². The molecule has 0 fully saturated rings. The second kappa shape index (κ2) is 8.57. The van der Waals surface area contributed by atoms with Gasteiger partial charge in [0, 0.05) is 19.5 Å². The first-order valence-corrected chi connectivity index (χ1v) is 8.08. The third-order valence-electron chi connectivity index (χ3n) is 3.75. The Morgan fingerprint density at radius 1 is 1.36 bits per heavy atom. The number of amides is 2. The molecule has 0 saturated carbocycles. The minimum atomic E-state index is -0.794. The molecule has 0 aliphatic carbocycles. The van der Waals surface area contributed by atoms with Crippen LogP contribution in [-0.2, 0) is 14.4 Å². The van der Waals surface area contributed by atoms with E-state index in [0.717, 1.165) is 0 Å². The van der Waals surface area contributed by atoms with Gasteiger partial charge in [-0.25, -0.2) is 4.39 Å². The van der Waals surface area contributed by atoms with Crippen LogP contribution in [0.3, 0.4) is 0 Å². The molecule has 2 N–H and O–H groups in total. The van der Waals surface area contributed by atoms with E-state index in [4.69, 9.17) is 4.84 Å². The summed E-state index contributed by atoms with van der Waals surface area (Å²) in [7, 11) is 3.82. The van der Waals surface area contributed by atoms with E-state index in [-0.39, 0.29) is 18.1 Å². The Balaban J connectivity index is 1.80. The summed E-state index contributed by atoms with van der Waals surface area (Å²) in [4.78, 5) is 31.3. The van der Waals surface area contributed by atoms with Gasteiger partial charge >= 0.3 is 0 Å². The van der Waals surface area contributed by atoms with Crippen molar-refractivity contribution in [1.82, 2.24) is 15.5 Å². The van der Waals surface area contributed by atoms with Crippen LogP contribution in [0.5, 0.6) is 0 Å². The molecule has 8 heteroatoms. The molecule has 2 atom stereocenters. The molecule has 25 heavy (non-hydrogen) atoms. The van der Waals surface area contributed by atoms with Crippen molar-refractivity contribution in [1.29, 1.82) is 0 Å². The lowest BCUT2D eigenvalue weighted by Crippen LogP contribution is -2.49. The van der Waals surface area contributed by atoms with Gasteiger partial charge in [0.15, 0.2) is 0 Å². The Morgan fingerprint density at radius 2 is 2.04 bits per heavy atom. The van der Waals surface area contributed by atoms with Crippen LogP contribution in [0.15, 0.2) is 29.4 Å². The number of carbonyl (C=O) groups is 2. The van der Waals surface area contributed by atoms with Gasteiger partial charge in [-0.3, -0.25) is 9.59 Å². The number of hydrogen-bond acceptors (Lipinski definition) is 5. The summed E-state index contributed by atoms with van der Waals surface area (Å²) in [6.45, 7) is 2.83. The highest BCUT2D eigenvalue weighted by Gasteiger charge is 2.30. The SMILES string of the molecule is C[C@@H](NC(=O)[C@@H]1CC(c2ccc(F)cc2)=NO1)C(=O)NCCN(C)C. The number of likely N-dealkylation sites (N-methyl/N-ethyl adjacent to an activating group) is 1. The van der Waals surface area contributed by atoms with E-state index in [0.29, 0.717) is 24.4 Å². The number of oxime groups is 1. The largest absolute Gasteiger partial charge is 0.382 e. The maximum absolute atomic E-state index is 13.0. The quantitative estimate of drug-likeness (QED) is 0.750. The molecule has 1 aliphatic rings. The monoisotopic (exact) mass is 350 g/mol. The molecule has 0 unspecified atom stereocenters. The molecule has 136 valence electrons. The maximum atomic E-state index is 13.0. The van der Waals surface area contributed by atoms with Crippen LogP contribution < -0.4 is 10.6 Å². The van der Waals surface area contributed by atoms with Gasteiger partial charge in [-0.2, -0.15) is 0 Å². The summed E-state index contributed by atoms with van der Waals surface area (Å²) in [5.41, 5.74) is 1.27. The van der Waals surface area contributed by atoms with Gasteiger partial charge in [-0.1, -0.05) is 17.3 Å². The van der Waals surface area contributed by atoms with Crippen LogP contribution in [0.4, 0.5) is 4.39 Å². The number of rotatable bonds is 7. The lowest BCUT2D eigenvalue weighted by atomic mass is 10.0. The topological polar surface area (TPSA) is 83.0 Å². The van der Waals surface area contributed by atoms with Crippen LogP contribution >= 0.6 is 0 Å². The Hall–Kier alpha value is -2.48. The Labute approximate surface area is 146 Å². The molecule has 0 radical (unpaired) electrons. The molecule has 0 saturated heterocycles. The van der Waals surface area contributed by atoms with Crippen molar-refractivity contribution in [3.8, 4) is 0 Å². The van der Waals surface area contributed by atoms with E-state index in [9.17, 15) is 14.0 Å². The van der Waals surface area contributed by atoms with E-state index in [1.165, 1.54) is 12.1 Å². The average molecular weight is 350 g/mol. The summed E-state index contributed by atoms with van der Waals surface area (Å²) >= 11 is 0. The Morgan fingerprint density at radius 3 is 2.68 bits per heavy atom. The van der Waals surface area contributed by atoms with Crippen molar-refractivity contribution in [3.63, 3.8) is 0 Å². The minimum absolute atomic E-state index is 0.257. The second-order valence-corrected chi connectivity index (χ2v) is 6.17. The van der Waals surface area contributed by atoms with Crippen LogP contribution in [0, 0.1) is 5.82 Å². The molecule has 2 rings (SSSR count). The summed E-state index contributed by atoms with van der Waals surface area (Å²) in [6.07, 6.45) is -0.524. The molecule has 1 aromatic carbocycles. The number of nitrogens with one attached hydrogen (secondary N) is 2. The van der Waals surface area contributed by atoms with Gasteiger partial charge in [0.1, 0.15) is 11.9 Å². The van der Waals surface area contributed by atoms with Crippen molar-refractivity contribution >= 4 is 17.5 Å². The molecular weight excluding hydrogens is 327 g/mol. The first-order valence-electron chi connectivity index (χ1n) is 8.08. The smallest absolute Gasteiger partial charge is 0.264 e. The fourth-order valence-electron chi connectivity index (χ4n) is 2.26. The summed E-state index contributed by atoms with van der Waals surface area (Å²) < 4.78 is 13.0. The lowest BCUT2D eigenvalue weighted by molar-refractivity contribution is -0.135. The van der Waals surface area contributed by atoms with Crippen LogP contribution in [0.25, 0.3) is 0 Å². The van der Waals surface area contributed by atoms with Gasteiger partial charge in [-0.15, -0.1) is 0 Å². The highest BCUT2D eigenvalue weighted by atomic mass is 19.1. The number of hydrogen-bond donors (Lipinski definition) is 2. The standard InChI is InChI=1S/C17H23FN4O3/c1-11(16(23)19-8-9-22(2)3)20-17(24)15-10-14(21-25-15)12-4-6-13(18)7-5-12/h4-7,11,15H,8-10H2,1-3H3,(H,19,23)(H,20,24)/t11-,15+/m1/s1. The molecule has 1 aromatic rings. The summed E-state index contributed by atoms with van der Waals surface area (Å²) in [5.74, 6) is -1.00. The highest BCUT2D eigenvalue weighted by Crippen LogP contribution is 2.17. The number of nitrogens with zero attached hydrogens (tertiary/aromatic N) is 2. The first-order chi connectivity index (χ1) is 11.9. The van der Waals surface area contributed by atoms with E-state index in [1.807, 2.05) is 19.0 Å². The van der Waals surface area contributed by atoms with Crippen molar-refractivity contribution in [2.75, 3.05) is 27.2 Å². The van der Waals surface area contributed by atoms with Gasteiger partial charge in [0.05, 0.1) is 5.71 Å². The molecule has 0 bridgehead atoms. The molecule has 1 heterocycles. The molecular formula is C17H23FN4O3. The van der Waals surface area contributed by atoms with Crippen molar-refractivity contribution < 1.29 is 18.8 Å². The summed E-state index contributed by atoms with van der Waals surface area (Å²) in [6, 6.07) is 5.14. The van der Waals surface area contributed by atoms with Crippen LogP contribution in [0.2, 0.25) is 0 Å². The average Bonchev–Trinajstić information content (AvgIpc) is 3.05. The van der Waals surface area contributed by atoms with Gasteiger partial charge in [-0.05, 0) is 38.7 Å². The van der Waals surface area contributed by atoms with Gasteiger partial charge in [0.25, 0.3) is 5.91 Å². The van der Waals surface area contributed by atoms with Crippen molar-refractivity contribution in [2.24, 2.45) is 5.16 Å². The Kier molecular flexibility index (Phi) is 6.46. The molecule has 1 aliphatic heterocycles. The zero-order valence-corrected chi connectivity index (χ0v) is 14.6. The van der Waals surface area contributed by atoms with E-state index < -0.39 is 18.1 Å². The molecule has 0 spiro atoms. The van der Waals surface area contributed by atoms with Gasteiger partial charge < -0.3 is 20.4 Å². The van der Waals surface area contributed by atoms with Crippen molar-refractivity contribution in [2.45, 2.75) is 25.5 Å². The number of carbonyl (C=O) groups excluding carboxylic acids is 2. The van der Waals surface area contributed by atoms with E-state index in [2.05, 4.69) is 15.8 Å². The maximum Gasteiger partial charge on any atom is 0.264 e. The summed E-state index contributed by atoms with van der Waals surface area (Å²) in [5, 5.41) is 9.25. The number of halogens is 1. The Bertz CT molecular complexity index is 646. The number of benzene rings is 1. The molecule has 2 amide bonds. The van der Waals surface area contributed by atoms with Crippen molar-refractivity contribution in [3.05, 3.63) is 35.6 Å². The molecule has 7 nitrogen and oxygen atoms in total. The zero-order chi connectivity index (χ0) is 18.4. The second-order valence-electron chi connectivity index (χ2n) is 6.17. The van der Waals surface area contributed by atoms with Crippen LogP contribution in [0.1, 0.15) is 18.9 Å². The zero-order valence-electron chi connectivity index (χ0n) is 14.6. The highest BCUT2D eigenvalue weighted by molar-refractivity contribution is 6.04. The normalized spacial score (nSPS) is 17.6.